The Balaban J connectivity index is 2.66. The number of likely N-dealkylation sites (N-methyl/N-ethyl adjacent to an activating group) is 1. The van der Waals surface area contributed by atoms with E-state index in [-0.39, 0.29) is 24.8 Å². The highest BCUT2D eigenvalue weighted by Gasteiger charge is 2.21. The van der Waals surface area contributed by atoms with E-state index in [4.69, 9.17) is 5.11 Å². The summed E-state index contributed by atoms with van der Waals surface area (Å²) in [5, 5.41) is 22.9. The lowest BCUT2D eigenvalue weighted by molar-refractivity contribution is -0.389. The molecule has 0 aliphatic carbocycles. The molecule has 1 aromatic rings. The van der Waals surface area contributed by atoms with Gasteiger partial charge in [0.2, 0.25) is 5.91 Å². The van der Waals surface area contributed by atoms with Crippen LogP contribution in [0, 0.1) is 16.0 Å². The van der Waals surface area contributed by atoms with Gasteiger partial charge in [-0.25, -0.2) is 0 Å². The largest absolute Gasteiger partial charge is 0.481 e. The number of carboxylic acid groups (broad SMARTS) is 1. The molecule has 1 amide bonds. The number of nitro groups is 1. The number of carboxylic acids is 1. The summed E-state index contributed by atoms with van der Waals surface area (Å²) >= 11 is 0. The van der Waals surface area contributed by atoms with Crippen molar-refractivity contribution in [2.24, 2.45) is 5.92 Å². The highest BCUT2D eigenvalue weighted by Crippen LogP contribution is 2.07. The molecule has 1 N–H and O–H groups in total. The van der Waals surface area contributed by atoms with Gasteiger partial charge in [-0.2, -0.15) is 4.68 Å². The molecule has 0 spiro atoms. The molecule has 1 unspecified atom stereocenters. The fourth-order valence-electron chi connectivity index (χ4n) is 1.59. The van der Waals surface area contributed by atoms with Gasteiger partial charge in [0.05, 0.1) is 23.3 Å². The number of aromatic nitrogens is 2. The molecule has 0 radical (unpaired) electrons. The first-order chi connectivity index (χ1) is 9.35. The van der Waals surface area contributed by atoms with Gasteiger partial charge in [-0.15, -0.1) is 0 Å². The van der Waals surface area contributed by atoms with E-state index in [1.165, 1.54) is 24.1 Å². The smallest absolute Gasteiger partial charge is 0.389 e. The van der Waals surface area contributed by atoms with Crippen LogP contribution < -0.4 is 0 Å². The Morgan fingerprint density at radius 2 is 2.25 bits per heavy atom. The second kappa shape index (κ2) is 6.64. The van der Waals surface area contributed by atoms with Crippen molar-refractivity contribution in [3.8, 4) is 0 Å². The second-order valence-electron chi connectivity index (χ2n) is 4.30. The molecule has 0 bridgehead atoms. The van der Waals surface area contributed by atoms with Gasteiger partial charge >= 0.3 is 11.8 Å². The Kier molecular flexibility index (Phi) is 5.18. The van der Waals surface area contributed by atoms with Crippen LogP contribution in [0.4, 0.5) is 5.82 Å². The molecular formula is C11H16N4O5. The van der Waals surface area contributed by atoms with Crippen LogP contribution in [-0.4, -0.2) is 49.7 Å². The predicted octanol–water partition coefficient (Wildman–Crippen LogP) is 0.360. The quantitative estimate of drug-likeness (QED) is 0.570. The minimum Gasteiger partial charge on any atom is -0.481 e. The van der Waals surface area contributed by atoms with Gasteiger partial charge in [-0.1, -0.05) is 6.92 Å². The van der Waals surface area contributed by atoms with Crippen LogP contribution >= 0.6 is 0 Å². The fourth-order valence-corrected chi connectivity index (χ4v) is 1.59. The maximum atomic E-state index is 12.0. The number of carbonyl (C=O) groups is 2. The van der Waals surface area contributed by atoms with Crippen LogP contribution in [0.25, 0.3) is 0 Å². The lowest BCUT2D eigenvalue weighted by Crippen LogP contribution is -2.38. The molecule has 0 saturated heterocycles. The van der Waals surface area contributed by atoms with Gasteiger partial charge in [0, 0.05) is 13.1 Å². The highest BCUT2D eigenvalue weighted by atomic mass is 16.6. The molecule has 1 aromatic heterocycles. The van der Waals surface area contributed by atoms with Crippen molar-refractivity contribution in [2.45, 2.75) is 20.4 Å². The summed E-state index contributed by atoms with van der Waals surface area (Å²) < 4.78 is 1.16. The van der Waals surface area contributed by atoms with E-state index in [1.54, 1.807) is 6.92 Å². The van der Waals surface area contributed by atoms with Gasteiger partial charge < -0.3 is 20.1 Å². The number of rotatable bonds is 7. The maximum absolute atomic E-state index is 12.0. The third-order valence-electron chi connectivity index (χ3n) is 2.76. The minimum absolute atomic E-state index is 0.0913. The first-order valence-corrected chi connectivity index (χ1v) is 6.03. The Bertz CT molecular complexity index is 513. The zero-order valence-corrected chi connectivity index (χ0v) is 11.2. The first-order valence-electron chi connectivity index (χ1n) is 6.03. The summed E-state index contributed by atoms with van der Waals surface area (Å²) in [5.41, 5.74) is 0. The van der Waals surface area contributed by atoms with Crippen LogP contribution in [0.1, 0.15) is 13.8 Å². The van der Waals surface area contributed by atoms with Crippen LogP contribution in [-0.2, 0) is 16.1 Å². The van der Waals surface area contributed by atoms with Gasteiger partial charge in [-0.05, 0) is 11.8 Å². The molecule has 0 saturated carbocycles. The summed E-state index contributed by atoms with van der Waals surface area (Å²) in [6.45, 7) is 3.54. The normalized spacial score (nSPS) is 11.9. The Labute approximate surface area is 114 Å². The Morgan fingerprint density at radius 3 is 2.70 bits per heavy atom. The predicted molar refractivity (Wildman–Crippen MR) is 67.9 cm³/mol. The van der Waals surface area contributed by atoms with Crippen molar-refractivity contribution < 1.29 is 19.6 Å². The minimum atomic E-state index is -0.981. The van der Waals surface area contributed by atoms with E-state index in [0.29, 0.717) is 6.54 Å². The second-order valence-corrected chi connectivity index (χ2v) is 4.30. The Hall–Kier alpha value is -2.45. The standard InChI is InChI=1S/C11H16N4O5/c1-3-13(6-8(2)11(17)18)10(16)7-14-5-4-9(12-14)15(19)20/h4-5,8H,3,6-7H2,1-2H3,(H,17,18). The van der Waals surface area contributed by atoms with Crippen molar-refractivity contribution in [2.75, 3.05) is 13.1 Å². The van der Waals surface area contributed by atoms with Gasteiger partial charge in [-0.3, -0.25) is 9.59 Å². The first kappa shape index (κ1) is 15.6. The number of hydrogen-bond donors (Lipinski definition) is 1. The molecule has 0 fully saturated rings. The molecule has 1 atom stereocenters. The molecule has 0 aliphatic heterocycles. The average Bonchev–Trinajstić information content (AvgIpc) is 2.83. The monoisotopic (exact) mass is 284 g/mol. The molecule has 0 aliphatic rings. The molecule has 20 heavy (non-hydrogen) atoms. The van der Waals surface area contributed by atoms with Crippen molar-refractivity contribution in [1.82, 2.24) is 14.7 Å². The third kappa shape index (κ3) is 4.04. The topological polar surface area (TPSA) is 119 Å². The summed E-state index contributed by atoms with van der Waals surface area (Å²) in [7, 11) is 0. The van der Waals surface area contributed by atoms with E-state index < -0.39 is 16.8 Å². The molecule has 0 aromatic carbocycles. The molecule has 1 rings (SSSR count). The summed E-state index contributed by atoms with van der Waals surface area (Å²) in [6.07, 6.45) is 1.34. The molecule has 1 heterocycles. The number of nitrogens with zero attached hydrogens (tertiary/aromatic N) is 4. The third-order valence-corrected chi connectivity index (χ3v) is 2.76. The molecular weight excluding hydrogens is 268 g/mol. The van der Waals surface area contributed by atoms with Crippen LogP contribution in [0.2, 0.25) is 0 Å². The summed E-state index contributed by atoms with van der Waals surface area (Å²) in [6, 6.07) is 1.20. The van der Waals surface area contributed by atoms with Crippen molar-refractivity contribution >= 4 is 17.7 Å². The highest BCUT2D eigenvalue weighted by molar-refractivity contribution is 5.77. The maximum Gasteiger partial charge on any atom is 0.389 e. The Morgan fingerprint density at radius 1 is 1.60 bits per heavy atom. The zero-order valence-electron chi connectivity index (χ0n) is 11.2. The fraction of sp³-hybridized carbons (Fsp3) is 0.545. The zero-order chi connectivity index (χ0) is 15.3. The van der Waals surface area contributed by atoms with Crippen molar-refractivity contribution in [3.63, 3.8) is 0 Å². The van der Waals surface area contributed by atoms with Gasteiger partial charge in [0.25, 0.3) is 0 Å². The van der Waals surface area contributed by atoms with E-state index >= 15 is 0 Å². The number of amides is 1. The van der Waals surface area contributed by atoms with Crippen LogP contribution in [0.3, 0.4) is 0 Å². The molecule has 110 valence electrons. The van der Waals surface area contributed by atoms with E-state index in [0.717, 1.165) is 4.68 Å². The lowest BCUT2D eigenvalue weighted by atomic mass is 10.1. The van der Waals surface area contributed by atoms with E-state index in [2.05, 4.69) is 5.10 Å². The van der Waals surface area contributed by atoms with Gasteiger partial charge in [0.15, 0.2) is 0 Å². The number of aliphatic carboxylic acids is 1. The van der Waals surface area contributed by atoms with Gasteiger partial charge in [0.1, 0.15) is 6.54 Å². The van der Waals surface area contributed by atoms with Crippen LogP contribution in [0.5, 0.6) is 0 Å². The average molecular weight is 284 g/mol. The van der Waals surface area contributed by atoms with Crippen molar-refractivity contribution in [3.05, 3.63) is 22.4 Å². The number of carbonyl (C=O) groups excluding carboxylic acids is 1. The summed E-state index contributed by atoms with van der Waals surface area (Å²) in [4.78, 5) is 34.0. The number of hydrogen-bond acceptors (Lipinski definition) is 5. The van der Waals surface area contributed by atoms with Crippen molar-refractivity contribution in [1.29, 1.82) is 0 Å². The van der Waals surface area contributed by atoms with Crippen LogP contribution in [0.15, 0.2) is 12.3 Å². The lowest BCUT2D eigenvalue weighted by Gasteiger charge is -2.22. The van der Waals surface area contributed by atoms with E-state index in [1.807, 2.05) is 0 Å². The molecule has 9 heteroatoms. The van der Waals surface area contributed by atoms with E-state index in [9.17, 15) is 19.7 Å². The molecule has 9 nitrogen and oxygen atoms in total. The SMILES string of the molecule is CCN(CC(C)C(=O)O)C(=O)Cn1ccc([N+](=O)[O-])n1. The summed E-state index contributed by atoms with van der Waals surface area (Å²) in [5.74, 6) is -2.32.